The van der Waals surface area contributed by atoms with E-state index in [9.17, 15) is 14.4 Å². The van der Waals surface area contributed by atoms with Crippen LogP contribution in [0.2, 0.25) is 25.7 Å². The van der Waals surface area contributed by atoms with Crippen molar-refractivity contribution in [1.29, 1.82) is 0 Å². The van der Waals surface area contributed by atoms with Crippen LogP contribution in [0.5, 0.6) is 0 Å². The van der Waals surface area contributed by atoms with Crippen molar-refractivity contribution in [1.82, 2.24) is 5.32 Å². The second kappa shape index (κ2) is 8.90. The molecule has 0 rings (SSSR count). The van der Waals surface area contributed by atoms with Crippen LogP contribution in [0, 0.1) is 0 Å². The van der Waals surface area contributed by atoms with Crippen LogP contribution < -0.4 is 5.32 Å². The van der Waals surface area contributed by atoms with Gasteiger partial charge < -0.3 is 19.9 Å². The van der Waals surface area contributed by atoms with Crippen molar-refractivity contribution in [2.75, 3.05) is 6.61 Å². The summed E-state index contributed by atoms with van der Waals surface area (Å²) in [5.41, 5.74) is -0.626. The van der Waals surface area contributed by atoms with E-state index < -0.39 is 37.7 Å². The minimum Gasteiger partial charge on any atom is -0.480 e. The molecular formula is C15H29NO6Si. The summed E-state index contributed by atoms with van der Waals surface area (Å²) in [7, 11) is -1.32. The first-order valence-electron chi connectivity index (χ1n) is 7.68. The highest BCUT2D eigenvalue weighted by atomic mass is 28.3. The minimum atomic E-state index is -1.32. The number of rotatable bonds is 8. The molecule has 8 heteroatoms. The van der Waals surface area contributed by atoms with E-state index >= 15 is 0 Å². The third-order valence-electron chi connectivity index (χ3n) is 2.73. The Kier molecular flexibility index (Phi) is 8.29. The van der Waals surface area contributed by atoms with Gasteiger partial charge in [0.2, 0.25) is 0 Å². The molecule has 1 amide bonds. The molecule has 2 N–H and O–H groups in total. The number of alkyl carbamates (subject to hydrolysis) is 1. The maximum Gasteiger partial charge on any atom is 0.407 e. The van der Waals surface area contributed by atoms with Crippen molar-refractivity contribution in [3.05, 3.63) is 0 Å². The highest BCUT2D eigenvalue weighted by Gasteiger charge is 2.24. The predicted octanol–water partition coefficient (Wildman–Crippen LogP) is 2.63. The summed E-state index contributed by atoms with van der Waals surface area (Å²) < 4.78 is 10.1. The molecule has 1 atom stereocenters. The monoisotopic (exact) mass is 347 g/mol. The summed E-state index contributed by atoms with van der Waals surface area (Å²) in [6, 6.07) is -0.377. The lowest BCUT2D eigenvalue weighted by molar-refractivity contribution is -0.155. The first kappa shape index (κ1) is 21.4. The average Bonchev–Trinajstić information content (AvgIpc) is 2.30. The Hall–Kier alpha value is -1.57. The second-order valence-electron chi connectivity index (χ2n) is 7.61. The van der Waals surface area contributed by atoms with Crippen molar-refractivity contribution in [3.8, 4) is 0 Å². The van der Waals surface area contributed by atoms with Gasteiger partial charge in [0.05, 0.1) is 6.61 Å². The maximum atomic E-state index is 11.6. The van der Waals surface area contributed by atoms with Gasteiger partial charge in [0.15, 0.2) is 0 Å². The number of hydrogen-bond donors (Lipinski definition) is 2. The molecule has 134 valence electrons. The van der Waals surface area contributed by atoms with Crippen LogP contribution in [-0.2, 0) is 19.1 Å². The van der Waals surface area contributed by atoms with Crippen LogP contribution in [0.1, 0.15) is 33.6 Å². The van der Waals surface area contributed by atoms with E-state index in [1.165, 1.54) is 0 Å². The molecule has 0 fully saturated rings. The molecular weight excluding hydrogens is 318 g/mol. The zero-order chi connectivity index (χ0) is 18.3. The minimum absolute atomic E-state index is 0.0482. The first-order valence-corrected chi connectivity index (χ1v) is 11.4. The molecule has 0 radical (unpaired) electrons. The third kappa shape index (κ3) is 12.6. The van der Waals surface area contributed by atoms with Crippen LogP contribution in [0.15, 0.2) is 0 Å². The standard InChI is InChI=1S/C15H29NO6Si/c1-15(2,3)22-12(17)8-7-11(13(18)19)16-14(20)21-9-10-23(4,5)6/h11H,7-10H2,1-6H3,(H,16,20)(H,18,19)/t11-/m1/s1. The normalized spacial score (nSPS) is 13.1. The van der Waals surface area contributed by atoms with Crippen LogP contribution in [0.3, 0.4) is 0 Å². The molecule has 0 heterocycles. The lowest BCUT2D eigenvalue weighted by atomic mass is 10.1. The van der Waals surface area contributed by atoms with Gasteiger partial charge in [0.1, 0.15) is 11.6 Å². The van der Waals surface area contributed by atoms with Gasteiger partial charge in [-0.05, 0) is 33.2 Å². The van der Waals surface area contributed by atoms with E-state index in [2.05, 4.69) is 25.0 Å². The molecule has 0 aliphatic carbocycles. The molecule has 0 aromatic rings. The highest BCUT2D eigenvalue weighted by Crippen LogP contribution is 2.11. The Bertz CT molecular complexity index is 425. The number of carbonyl (C=O) groups is 3. The van der Waals surface area contributed by atoms with E-state index in [0.717, 1.165) is 6.04 Å². The molecule has 7 nitrogen and oxygen atoms in total. The number of nitrogens with one attached hydrogen (secondary N) is 1. The Morgan fingerprint density at radius 3 is 2.17 bits per heavy atom. The third-order valence-corrected chi connectivity index (χ3v) is 4.44. The van der Waals surface area contributed by atoms with Crippen LogP contribution in [0.4, 0.5) is 4.79 Å². The summed E-state index contributed by atoms with van der Waals surface area (Å²) in [5.74, 6) is -1.71. The largest absolute Gasteiger partial charge is 0.480 e. The summed E-state index contributed by atoms with van der Waals surface area (Å²) >= 11 is 0. The van der Waals surface area contributed by atoms with Gasteiger partial charge in [-0.1, -0.05) is 19.6 Å². The smallest absolute Gasteiger partial charge is 0.407 e. The number of esters is 1. The number of amides is 1. The summed E-state index contributed by atoms with van der Waals surface area (Å²) in [5, 5.41) is 11.4. The van der Waals surface area contributed by atoms with Crippen molar-refractivity contribution in [2.24, 2.45) is 0 Å². The molecule has 0 aliphatic heterocycles. The molecule has 0 aliphatic rings. The van der Waals surface area contributed by atoms with Gasteiger partial charge in [-0.25, -0.2) is 9.59 Å². The van der Waals surface area contributed by atoms with Gasteiger partial charge in [0.25, 0.3) is 0 Å². The van der Waals surface area contributed by atoms with E-state index in [1.807, 2.05) is 0 Å². The van der Waals surface area contributed by atoms with Crippen LogP contribution >= 0.6 is 0 Å². The van der Waals surface area contributed by atoms with Crippen molar-refractivity contribution >= 4 is 26.1 Å². The van der Waals surface area contributed by atoms with E-state index in [-0.39, 0.29) is 19.4 Å². The van der Waals surface area contributed by atoms with Gasteiger partial charge in [0, 0.05) is 14.5 Å². The van der Waals surface area contributed by atoms with Crippen LogP contribution in [0.25, 0.3) is 0 Å². The fourth-order valence-corrected chi connectivity index (χ4v) is 2.26. The molecule has 0 aromatic carbocycles. The van der Waals surface area contributed by atoms with Crippen molar-refractivity contribution in [3.63, 3.8) is 0 Å². The zero-order valence-corrected chi connectivity index (χ0v) is 15.9. The van der Waals surface area contributed by atoms with E-state index in [0.29, 0.717) is 0 Å². The quantitative estimate of drug-likeness (QED) is 0.517. The maximum absolute atomic E-state index is 11.6. The first-order chi connectivity index (χ1) is 10.3. The Morgan fingerprint density at radius 2 is 1.74 bits per heavy atom. The number of hydrogen-bond acceptors (Lipinski definition) is 5. The molecule has 0 aromatic heterocycles. The van der Waals surface area contributed by atoms with Gasteiger partial charge in [-0.3, -0.25) is 4.79 Å². The van der Waals surface area contributed by atoms with Crippen LogP contribution in [-0.4, -0.2) is 49.5 Å². The Labute approximate surface area is 138 Å². The fourth-order valence-electron chi connectivity index (χ4n) is 1.55. The number of aliphatic carboxylic acids is 1. The van der Waals surface area contributed by atoms with Gasteiger partial charge in [-0.2, -0.15) is 0 Å². The molecule has 0 saturated carbocycles. The van der Waals surface area contributed by atoms with E-state index in [4.69, 9.17) is 14.6 Å². The average molecular weight is 347 g/mol. The number of carbonyl (C=O) groups excluding carboxylic acids is 2. The van der Waals surface area contributed by atoms with Gasteiger partial charge >= 0.3 is 18.0 Å². The number of ether oxygens (including phenoxy) is 2. The molecule has 23 heavy (non-hydrogen) atoms. The number of carboxylic acids is 1. The topological polar surface area (TPSA) is 102 Å². The zero-order valence-electron chi connectivity index (χ0n) is 14.9. The van der Waals surface area contributed by atoms with Gasteiger partial charge in [-0.15, -0.1) is 0 Å². The molecule has 0 unspecified atom stereocenters. The predicted molar refractivity (Wildman–Crippen MR) is 89.1 cm³/mol. The summed E-state index contributed by atoms with van der Waals surface area (Å²) in [6.07, 6.45) is -0.920. The van der Waals surface area contributed by atoms with Crippen molar-refractivity contribution in [2.45, 2.75) is 70.9 Å². The molecule has 0 spiro atoms. The van der Waals surface area contributed by atoms with E-state index in [1.54, 1.807) is 20.8 Å². The SMILES string of the molecule is CC(C)(C)OC(=O)CC[C@@H](NC(=O)OCC[Si](C)(C)C)C(=O)O. The summed E-state index contributed by atoms with van der Waals surface area (Å²) in [4.78, 5) is 34.4. The second-order valence-corrected chi connectivity index (χ2v) is 13.2. The molecule has 0 saturated heterocycles. The lowest BCUT2D eigenvalue weighted by Crippen LogP contribution is -2.42. The number of carboxylic acid groups (broad SMARTS) is 1. The highest BCUT2D eigenvalue weighted by molar-refractivity contribution is 6.76. The molecule has 0 bridgehead atoms. The summed E-state index contributed by atoms with van der Waals surface area (Å²) in [6.45, 7) is 11.9. The Morgan fingerprint density at radius 1 is 1.17 bits per heavy atom. The Balaban J connectivity index is 4.29. The fraction of sp³-hybridized carbons (Fsp3) is 0.800. The van der Waals surface area contributed by atoms with Crippen molar-refractivity contribution < 1.29 is 29.0 Å². The lowest BCUT2D eigenvalue weighted by Gasteiger charge is -2.20.